The number of anilines is 1. The highest BCUT2D eigenvalue weighted by atomic mass is 16.4. The lowest BCUT2D eigenvalue weighted by Crippen LogP contribution is -2.35. The molecule has 5 heteroatoms. The molecule has 0 saturated carbocycles. The molecule has 21 heavy (non-hydrogen) atoms. The summed E-state index contributed by atoms with van der Waals surface area (Å²) in [7, 11) is 1.74. The van der Waals surface area contributed by atoms with Crippen molar-refractivity contribution in [2.24, 2.45) is 5.92 Å². The molecule has 0 saturated heterocycles. The van der Waals surface area contributed by atoms with E-state index in [2.05, 4.69) is 12.2 Å². The minimum absolute atomic E-state index is 0.140. The van der Waals surface area contributed by atoms with Crippen molar-refractivity contribution in [1.29, 1.82) is 0 Å². The highest BCUT2D eigenvalue weighted by Gasteiger charge is 2.15. The molecule has 0 aliphatic carbocycles. The maximum Gasteiger partial charge on any atom is 0.307 e. The number of benzene rings is 1. The Morgan fingerprint density at radius 3 is 2.43 bits per heavy atom. The first-order valence-electron chi connectivity index (χ1n) is 7.22. The monoisotopic (exact) mass is 292 g/mol. The normalized spacial score (nSPS) is 12.2. The van der Waals surface area contributed by atoms with Gasteiger partial charge >= 0.3 is 5.97 Å². The van der Waals surface area contributed by atoms with Crippen molar-refractivity contribution < 1.29 is 14.7 Å². The van der Waals surface area contributed by atoms with Gasteiger partial charge in [-0.25, -0.2) is 0 Å². The van der Waals surface area contributed by atoms with Gasteiger partial charge < -0.3 is 10.4 Å². The van der Waals surface area contributed by atoms with Gasteiger partial charge in [0.1, 0.15) is 0 Å². The van der Waals surface area contributed by atoms with E-state index < -0.39 is 11.9 Å². The van der Waals surface area contributed by atoms with Crippen LogP contribution in [0.3, 0.4) is 0 Å². The van der Waals surface area contributed by atoms with Gasteiger partial charge in [-0.3, -0.25) is 14.5 Å². The first kappa shape index (κ1) is 17.2. The van der Waals surface area contributed by atoms with Crippen LogP contribution >= 0.6 is 0 Å². The van der Waals surface area contributed by atoms with Gasteiger partial charge in [-0.15, -0.1) is 0 Å². The van der Waals surface area contributed by atoms with Crippen molar-refractivity contribution in [2.45, 2.75) is 26.7 Å². The lowest BCUT2D eigenvalue weighted by Gasteiger charge is -2.18. The third-order valence-corrected chi connectivity index (χ3v) is 3.20. The molecule has 1 rings (SSSR count). The van der Waals surface area contributed by atoms with E-state index in [1.54, 1.807) is 18.9 Å². The average Bonchev–Trinajstić information content (AvgIpc) is 2.40. The SMILES string of the molecule is CCCc1ccc(NC(=O)CN(C)CC(C)C(=O)O)cc1. The van der Waals surface area contributed by atoms with Gasteiger partial charge in [0.25, 0.3) is 0 Å². The Balaban J connectivity index is 2.44. The molecular formula is C16H24N2O3. The molecule has 0 spiro atoms. The minimum Gasteiger partial charge on any atom is -0.481 e. The molecule has 1 aromatic rings. The van der Waals surface area contributed by atoms with E-state index in [-0.39, 0.29) is 12.5 Å². The lowest BCUT2D eigenvalue weighted by molar-refractivity contribution is -0.141. The number of carbonyl (C=O) groups is 2. The number of rotatable bonds is 8. The number of carbonyl (C=O) groups excluding carboxylic acids is 1. The zero-order valence-corrected chi connectivity index (χ0v) is 12.9. The Morgan fingerprint density at radius 1 is 1.29 bits per heavy atom. The predicted molar refractivity (Wildman–Crippen MR) is 83.4 cm³/mol. The van der Waals surface area contributed by atoms with E-state index in [0.717, 1.165) is 18.5 Å². The number of nitrogens with zero attached hydrogens (tertiary/aromatic N) is 1. The zero-order chi connectivity index (χ0) is 15.8. The Kier molecular flexibility index (Phi) is 6.88. The zero-order valence-electron chi connectivity index (χ0n) is 12.9. The summed E-state index contributed by atoms with van der Waals surface area (Å²) in [4.78, 5) is 24.4. The van der Waals surface area contributed by atoms with Crippen LogP contribution in [0, 0.1) is 5.92 Å². The number of carboxylic acids is 1. The molecule has 1 atom stereocenters. The van der Waals surface area contributed by atoms with Crippen molar-refractivity contribution >= 4 is 17.6 Å². The highest BCUT2D eigenvalue weighted by molar-refractivity contribution is 5.92. The van der Waals surface area contributed by atoms with Gasteiger partial charge in [0.2, 0.25) is 5.91 Å². The smallest absolute Gasteiger partial charge is 0.307 e. The Bertz CT molecular complexity index is 471. The predicted octanol–water partition coefficient (Wildman–Crippen LogP) is 2.23. The first-order chi connectivity index (χ1) is 9.92. The fourth-order valence-electron chi connectivity index (χ4n) is 2.10. The number of likely N-dealkylation sites (N-methyl/N-ethyl adjacent to an activating group) is 1. The fraction of sp³-hybridized carbons (Fsp3) is 0.500. The van der Waals surface area contributed by atoms with Crippen LogP contribution < -0.4 is 5.32 Å². The van der Waals surface area contributed by atoms with E-state index in [0.29, 0.717) is 6.54 Å². The molecular weight excluding hydrogens is 268 g/mol. The summed E-state index contributed by atoms with van der Waals surface area (Å²) in [6.07, 6.45) is 2.13. The second-order valence-corrected chi connectivity index (χ2v) is 5.43. The number of nitrogens with one attached hydrogen (secondary N) is 1. The Morgan fingerprint density at radius 2 is 1.90 bits per heavy atom. The second kappa shape index (κ2) is 8.42. The highest BCUT2D eigenvalue weighted by Crippen LogP contribution is 2.11. The van der Waals surface area contributed by atoms with Crippen LogP contribution in [0.5, 0.6) is 0 Å². The number of aliphatic carboxylic acids is 1. The van der Waals surface area contributed by atoms with Crippen molar-refractivity contribution in [3.63, 3.8) is 0 Å². The number of hydrogen-bond acceptors (Lipinski definition) is 3. The number of amides is 1. The van der Waals surface area contributed by atoms with Crippen LogP contribution in [-0.2, 0) is 16.0 Å². The van der Waals surface area contributed by atoms with Gasteiger partial charge in [0, 0.05) is 12.2 Å². The van der Waals surface area contributed by atoms with Crippen molar-refractivity contribution in [2.75, 3.05) is 25.5 Å². The van der Waals surface area contributed by atoms with Crippen LogP contribution in [-0.4, -0.2) is 42.0 Å². The average molecular weight is 292 g/mol. The quantitative estimate of drug-likeness (QED) is 0.771. The molecule has 0 aliphatic heterocycles. The molecule has 5 nitrogen and oxygen atoms in total. The van der Waals surface area contributed by atoms with E-state index in [9.17, 15) is 9.59 Å². The third kappa shape index (κ3) is 6.40. The summed E-state index contributed by atoms with van der Waals surface area (Å²) in [5.41, 5.74) is 2.02. The fourth-order valence-corrected chi connectivity index (χ4v) is 2.10. The van der Waals surface area contributed by atoms with E-state index >= 15 is 0 Å². The molecule has 0 aromatic heterocycles. The summed E-state index contributed by atoms with van der Waals surface area (Å²) >= 11 is 0. The van der Waals surface area contributed by atoms with E-state index in [1.807, 2.05) is 24.3 Å². The molecule has 116 valence electrons. The number of aryl methyl sites for hydroxylation is 1. The van der Waals surface area contributed by atoms with Crippen LogP contribution in [0.25, 0.3) is 0 Å². The van der Waals surface area contributed by atoms with Crippen molar-refractivity contribution in [1.82, 2.24) is 4.90 Å². The Labute approximate surface area is 126 Å². The summed E-state index contributed by atoms with van der Waals surface area (Å²) in [5.74, 6) is -1.48. The summed E-state index contributed by atoms with van der Waals surface area (Å²) in [5, 5.41) is 11.7. The van der Waals surface area contributed by atoms with E-state index in [4.69, 9.17) is 5.11 Å². The van der Waals surface area contributed by atoms with Gasteiger partial charge in [-0.1, -0.05) is 32.4 Å². The van der Waals surface area contributed by atoms with Gasteiger partial charge in [0.15, 0.2) is 0 Å². The Hall–Kier alpha value is -1.88. The van der Waals surface area contributed by atoms with Gasteiger partial charge in [0.05, 0.1) is 12.5 Å². The summed E-state index contributed by atoms with van der Waals surface area (Å²) < 4.78 is 0. The van der Waals surface area contributed by atoms with Crippen molar-refractivity contribution in [3.05, 3.63) is 29.8 Å². The molecule has 1 amide bonds. The van der Waals surface area contributed by atoms with Crippen LogP contribution in [0.2, 0.25) is 0 Å². The topological polar surface area (TPSA) is 69.6 Å². The van der Waals surface area contributed by atoms with Crippen LogP contribution in [0.15, 0.2) is 24.3 Å². The number of hydrogen-bond donors (Lipinski definition) is 2. The van der Waals surface area contributed by atoms with Gasteiger partial charge in [-0.2, -0.15) is 0 Å². The molecule has 1 unspecified atom stereocenters. The molecule has 0 heterocycles. The largest absolute Gasteiger partial charge is 0.481 e. The van der Waals surface area contributed by atoms with Crippen molar-refractivity contribution in [3.8, 4) is 0 Å². The second-order valence-electron chi connectivity index (χ2n) is 5.43. The molecule has 0 aliphatic rings. The first-order valence-corrected chi connectivity index (χ1v) is 7.22. The van der Waals surface area contributed by atoms with Gasteiger partial charge in [-0.05, 0) is 31.2 Å². The minimum atomic E-state index is -0.853. The lowest BCUT2D eigenvalue weighted by atomic mass is 10.1. The van der Waals surface area contributed by atoms with Crippen LogP contribution in [0.4, 0.5) is 5.69 Å². The third-order valence-electron chi connectivity index (χ3n) is 3.20. The molecule has 2 N–H and O–H groups in total. The molecule has 0 fully saturated rings. The summed E-state index contributed by atoms with van der Waals surface area (Å²) in [6.45, 7) is 4.28. The summed E-state index contributed by atoms with van der Waals surface area (Å²) in [6, 6.07) is 7.80. The maximum absolute atomic E-state index is 11.9. The molecule has 0 radical (unpaired) electrons. The molecule has 1 aromatic carbocycles. The van der Waals surface area contributed by atoms with Crippen LogP contribution in [0.1, 0.15) is 25.8 Å². The van der Waals surface area contributed by atoms with E-state index in [1.165, 1.54) is 5.56 Å². The number of carboxylic acid groups (broad SMARTS) is 1. The maximum atomic E-state index is 11.9. The molecule has 0 bridgehead atoms. The standard InChI is InChI=1S/C16H24N2O3/c1-4-5-13-6-8-14(9-7-13)17-15(19)11-18(3)10-12(2)16(20)21/h6-9,12H,4-5,10-11H2,1-3H3,(H,17,19)(H,20,21).